The minimum Gasteiger partial charge on any atom is -0.315 e. The van der Waals surface area contributed by atoms with Crippen molar-refractivity contribution >= 4 is 11.6 Å². The highest BCUT2D eigenvalue weighted by Gasteiger charge is 2.29. The molecule has 1 saturated heterocycles. The molecule has 0 aliphatic carbocycles. The van der Waals surface area contributed by atoms with Gasteiger partial charge in [0, 0.05) is 24.8 Å². The van der Waals surface area contributed by atoms with Crippen LogP contribution in [0.1, 0.15) is 30.5 Å². The fourth-order valence-corrected chi connectivity index (χ4v) is 2.61. The second kappa shape index (κ2) is 3.32. The highest BCUT2D eigenvalue weighted by Crippen LogP contribution is 2.33. The Morgan fingerprint density at radius 1 is 1.44 bits per heavy atom. The number of carbonyl (C=O) groups excluding carboxylic acids is 1. The largest absolute Gasteiger partial charge is 0.315 e. The summed E-state index contributed by atoms with van der Waals surface area (Å²) in [5.74, 6) is 0.196. The van der Waals surface area contributed by atoms with Gasteiger partial charge in [0.2, 0.25) is 5.91 Å². The molecule has 16 heavy (non-hydrogen) atoms. The molecule has 3 heteroatoms. The van der Waals surface area contributed by atoms with E-state index in [9.17, 15) is 4.79 Å². The maximum Gasteiger partial charge on any atom is 0.231 e. The number of benzene rings is 1. The summed E-state index contributed by atoms with van der Waals surface area (Å²) in [4.78, 5) is 13.3. The average Bonchev–Trinajstić information content (AvgIpc) is 2.50. The molecule has 0 saturated carbocycles. The molecule has 2 unspecified atom stereocenters. The molecule has 1 amide bonds. The third-order valence-corrected chi connectivity index (χ3v) is 3.66. The molecule has 0 spiro atoms. The van der Waals surface area contributed by atoms with Crippen LogP contribution in [0.3, 0.4) is 0 Å². The summed E-state index contributed by atoms with van der Waals surface area (Å²) in [5, 5.41) is 3.47. The second-order valence-electron chi connectivity index (χ2n) is 4.87. The van der Waals surface area contributed by atoms with Crippen LogP contribution >= 0.6 is 0 Å². The zero-order valence-electron chi connectivity index (χ0n) is 9.66. The molecule has 1 fully saturated rings. The molecule has 84 valence electrons. The lowest BCUT2D eigenvalue weighted by molar-refractivity contribution is -0.117. The van der Waals surface area contributed by atoms with Crippen LogP contribution in [0.5, 0.6) is 0 Å². The highest BCUT2D eigenvalue weighted by molar-refractivity contribution is 6.00. The first kappa shape index (κ1) is 9.85. The second-order valence-corrected chi connectivity index (χ2v) is 4.87. The van der Waals surface area contributed by atoms with Crippen LogP contribution in [-0.4, -0.2) is 19.0 Å². The fourth-order valence-electron chi connectivity index (χ4n) is 2.61. The summed E-state index contributed by atoms with van der Waals surface area (Å²) < 4.78 is 0. The predicted octanol–water partition coefficient (Wildman–Crippen LogP) is 1.63. The third kappa shape index (κ3) is 1.35. The van der Waals surface area contributed by atoms with Gasteiger partial charge < -0.3 is 10.2 Å². The van der Waals surface area contributed by atoms with Crippen molar-refractivity contribution < 1.29 is 4.79 Å². The normalized spacial score (nSPS) is 27.9. The summed E-state index contributed by atoms with van der Waals surface area (Å²) in [6.07, 6.45) is 1.75. The Kier molecular flexibility index (Phi) is 2.04. The van der Waals surface area contributed by atoms with Gasteiger partial charge in [-0.1, -0.05) is 12.1 Å². The smallest absolute Gasteiger partial charge is 0.231 e. The van der Waals surface area contributed by atoms with Crippen molar-refractivity contribution in [2.45, 2.75) is 31.8 Å². The lowest BCUT2D eigenvalue weighted by atomic mass is 9.90. The fraction of sp³-hybridized carbons (Fsp3) is 0.462. The lowest BCUT2D eigenvalue weighted by Crippen LogP contribution is -2.43. The number of likely N-dealkylation sites (N-methyl/N-ethyl adjacent to an activating group) is 1. The molecule has 1 N–H and O–H groups in total. The highest BCUT2D eigenvalue weighted by atomic mass is 16.2. The number of carbonyl (C=O) groups is 1. The Labute approximate surface area is 95.4 Å². The van der Waals surface area contributed by atoms with Crippen LogP contribution in [-0.2, 0) is 11.2 Å². The van der Waals surface area contributed by atoms with Crippen LogP contribution in [0.2, 0.25) is 0 Å². The summed E-state index contributed by atoms with van der Waals surface area (Å²) in [6, 6.07) is 7.50. The van der Waals surface area contributed by atoms with E-state index in [2.05, 4.69) is 30.4 Å². The molecule has 2 aliphatic rings. The molecule has 2 heterocycles. The minimum atomic E-state index is 0.196. The first-order chi connectivity index (χ1) is 7.65. The van der Waals surface area contributed by atoms with Gasteiger partial charge in [-0.2, -0.15) is 0 Å². The van der Waals surface area contributed by atoms with Crippen molar-refractivity contribution in [3.63, 3.8) is 0 Å². The van der Waals surface area contributed by atoms with Crippen molar-refractivity contribution in [2.75, 3.05) is 11.9 Å². The van der Waals surface area contributed by atoms with E-state index in [4.69, 9.17) is 0 Å². The van der Waals surface area contributed by atoms with Crippen LogP contribution < -0.4 is 10.2 Å². The lowest BCUT2D eigenvalue weighted by Gasteiger charge is -2.35. The summed E-state index contributed by atoms with van der Waals surface area (Å²) in [7, 11) is 1.84. The maximum absolute atomic E-state index is 11.6. The Bertz CT molecular complexity index is 449. The number of rotatable bonds is 1. The first-order valence-electron chi connectivity index (χ1n) is 5.80. The Hall–Kier alpha value is -1.35. The van der Waals surface area contributed by atoms with Gasteiger partial charge in [-0.25, -0.2) is 0 Å². The molecule has 3 rings (SSSR count). The topological polar surface area (TPSA) is 32.3 Å². The molecule has 1 aromatic rings. The van der Waals surface area contributed by atoms with E-state index in [1.807, 2.05) is 7.05 Å². The molecule has 3 nitrogen and oxygen atoms in total. The quantitative estimate of drug-likeness (QED) is 0.773. The zero-order valence-corrected chi connectivity index (χ0v) is 9.66. The van der Waals surface area contributed by atoms with Gasteiger partial charge in [0.15, 0.2) is 0 Å². The molecular weight excluding hydrogens is 200 g/mol. The molecule has 2 aliphatic heterocycles. The van der Waals surface area contributed by atoms with Gasteiger partial charge in [0.25, 0.3) is 0 Å². The Morgan fingerprint density at radius 3 is 2.88 bits per heavy atom. The van der Waals surface area contributed by atoms with E-state index in [0.717, 1.165) is 5.69 Å². The number of anilines is 1. The van der Waals surface area contributed by atoms with Crippen molar-refractivity contribution in [2.24, 2.45) is 0 Å². The van der Waals surface area contributed by atoms with Gasteiger partial charge in [-0.05, 0) is 30.5 Å². The number of amides is 1. The van der Waals surface area contributed by atoms with Crippen LogP contribution in [0, 0.1) is 0 Å². The van der Waals surface area contributed by atoms with E-state index in [-0.39, 0.29) is 5.91 Å². The number of hydrogen-bond acceptors (Lipinski definition) is 2. The Morgan fingerprint density at radius 2 is 2.19 bits per heavy atom. The monoisotopic (exact) mass is 216 g/mol. The molecule has 0 aromatic heterocycles. The maximum atomic E-state index is 11.6. The minimum absolute atomic E-state index is 0.196. The van der Waals surface area contributed by atoms with Gasteiger partial charge >= 0.3 is 0 Å². The SMILES string of the molecule is CC1CC(c2ccc3c(c2)CC(=O)N3C)N1. The third-order valence-electron chi connectivity index (χ3n) is 3.66. The van der Waals surface area contributed by atoms with Crippen molar-refractivity contribution in [1.29, 1.82) is 0 Å². The molecule has 0 bridgehead atoms. The number of nitrogens with zero attached hydrogens (tertiary/aromatic N) is 1. The molecule has 0 radical (unpaired) electrons. The summed E-state index contributed by atoms with van der Waals surface area (Å²) >= 11 is 0. The number of hydrogen-bond donors (Lipinski definition) is 1. The molecule has 1 aromatic carbocycles. The van der Waals surface area contributed by atoms with Crippen LogP contribution in [0.25, 0.3) is 0 Å². The standard InChI is InChI=1S/C13H16N2O/c1-8-5-11(14-8)9-3-4-12-10(6-9)7-13(16)15(12)2/h3-4,6,8,11,14H,5,7H2,1-2H3. The average molecular weight is 216 g/mol. The molecule has 2 atom stereocenters. The van der Waals surface area contributed by atoms with E-state index in [1.54, 1.807) is 4.90 Å². The van der Waals surface area contributed by atoms with E-state index in [0.29, 0.717) is 18.5 Å². The van der Waals surface area contributed by atoms with Crippen molar-refractivity contribution in [3.05, 3.63) is 29.3 Å². The number of nitrogens with one attached hydrogen (secondary N) is 1. The van der Waals surface area contributed by atoms with Crippen molar-refractivity contribution in [3.8, 4) is 0 Å². The van der Waals surface area contributed by atoms with Gasteiger partial charge in [-0.3, -0.25) is 4.79 Å². The van der Waals surface area contributed by atoms with E-state index in [1.165, 1.54) is 17.5 Å². The Balaban J connectivity index is 1.90. The predicted molar refractivity (Wildman–Crippen MR) is 63.5 cm³/mol. The molecular formula is C13H16N2O. The number of fused-ring (bicyclic) bond motifs is 1. The first-order valence-corrected chi connectivity index (χ1v) is 5.80. The summed E-state index contributed by atoms with van der Waals surface area (Å²) in [5.41, 5.74) is 3.56. The van der Waals surface area contributed by atoms with Crippen molar-refractivity contribution in [1.82, 2.24) is 5.32 Å². The van der Waals surface area contributed by atoms with Gasteiger partial charge in [0.1, 0.15) is 0 Å². The van der Waals surface area contributed by atoms with Crippen LogP contribution in [0.4, 0.5) is 5.69 Å². The van der Waals surface area contributed by atoms with Crippen LogP contribution in [0.15, 0.2) is 18.2 Å². The van der Waals surface area contributed by atoms with E-state index < -0.39 is 0 Å². The summed E-state index contributed by atoms with van der Waals surface area (Å²) in [6.45, 7) is 2.20. The van der Waals surface area contributed by atoms with Gasteiger partial charge in [-0.15, -0.1) is 0 Å². The zero-order chi connectivity index (χ0) is 11.3. The van der Waals surface area contributed by atoms with Gasteiger partial charge in [0.05, 0.1) is 6.42 Å². The van der Waals surface area contributed by atoms with E-state index >= 15 is 0 Å².